The van der Waals surface area contributed by atoms with Crippen LogP contribution in [0.2, 0.25) is 0 Å². The van der Waals surface area contributed by atoms with Crippen molar-refractivity contribution in [1.29, 1.82) is 5.26 Å². The predicted octanol–water partition coefficient (Wildman–Crippen LogP) is 4.82. The monoisotopic (exact) mass is 469 g/mol. The largest absolute Gasteiger partial charge is 0.381 e. The fourth-order valence-corrected chi connectivity index (χ4v) is 7.10. The number of carbonyl (C=O) groups is 1. The van der Waals surface area contributed by atoms with Crippen LogP contribution in [0.5, 0.6) is 0 Å². The van der Waals surface area contributed by atoms with Crippen LogP contribution in [0.15, 0.2) is 42.5 Å². The van der Waals surface area contributed by atoms with Gasteiger partial charge in [0, 0.05) is 19.1 Å². The first kappa shape index (κ1) is 22.8. The molecule has 6 rings (SSSR count). The zero-order valence-electron chi connectivity index (χ0n) is 20.7. The lowest BCUT2D eigenvalue weighted by Crippen LogP contribution is -2.56. The van der Waals surface area contributed by atoms with E-state index in [1.165, 1.54) is 36.0 Å². The van der Waals surface area contributed by atoms with E-state index in [1.54, 1.807) is 7.11 Å². The van der Waals surface area contributed by atoms with Gasteiger partial charge in [-0.25, -0.2) is 0 Å². The van der Waals surface area contributed by atoms with Gasteiger partial charge in [0.05, 0.1) is 24.4 Å². The highest BCUT2D eigenvalue weighted by Gasteiger charge is 2.65. The Morgan fingerprint density at radius 2 is 1.94 bits per heavy atom. The molecule has 0 bridgehead atoms. The maximum atomic E-state index is 14.5. The van der Waals surface area contributed by atoms with Crippen molar-refractivity contribution in [2.75, 3.05) is 13.8 Å². The lowest BCUT2D eigenvalue weighted by Gasteiger charge is -2.46. The minimum Gasteiger partial charge on any atom is -0.381 e. The number of benzene rings is 2. The zero-order chi connectivity index (χ0) is 24.0. The number of carbonyl (C=O) groups excluding carboxylic acids is 1. The van der Waals surface area contributed by atoms with E-state index in [9.17, 15) is 10.1 Å². The van der Waals surface area contributed by atoms with Crippen LogP contribution in [0.1, 0.15) is 72.8 Å². The third-order valence-corrected chi connectivity index (χ3v) is 9.31. The Labute approximate surface area is 208 Å². The van der Waals surface area contributed by atoms with Gasteiger partial charge in [0.15, 0.2) is 0 Å². The lowest BCUT2D eigenvalue weighted by molar-refractivity contribution is -0.139. The number of fused-ring (bicyclic) bond motifs is 3. The number of hydrogen-bond acceptors (Lipinski definition) is 4. The highest BCUT2D eigenvalue weighted by atomic mass is 16.5. The zero-order valence-corrected chi connectivity index (χ0v) is 20.7. The van der Waals surface area contributed by atoms with Crippen molar-refractivity contribution in [2.24, 2.45) is 11.3 Å². The molecule has 182 valence electrons. The van der Waals surface area contributed by atoms with Crippen molar-refractivity contribution >= 4 is 5.91 Å². The smallest absolute Gasteiger partial charge is 0.249 e. The molecule has 35 heavy (non-hydrogen) atoms. The highest BCUT2D eigenvalue weighted by Crippen LogP contribution is 2.60. The molecule has 1 amide bonds. The number of hydrogen-bond donors (Lipinski definition) is 1. The molecule has 3 aliphatic carbocycles. The van der Waals surface area contributed by atoms with Gasteiger partial charge in [-0.15, -0.1) is 0 Å². The van der Waals surface area contributed by atoms with Crippen LogP contribution in [-0.2, 0) is 34.5 Å². The Hall–Kier alpha value is -2.68. The molecule has 1 aliphatic heterocycles. The molecule has 1 N–H and O–H groups in total. The third-order valence-electron chi connectivity index (χ3n) is 9.31. The first-order valence-electron chi connectivity index (χ1n) is 13.3. The summed E-state index contributed by atoms with van der Waals surface area (Å²) in [6.45, 7) is 0.977. The summed E-state index contributed by atoms with van der Waals surface area (Å²) in [5.41, 5.74) is 4.65. The molecule has 1 atom stereocenters. The normalized spacial score (nSPS) is 29.7. The first-order valence-corrected chi connectivity index (χ1v) is 13.3. The van der Waals surface area contributed by atoms with Gasteiger partial charge in [-0.1, -0.05) is 49.2 Å². The number of nitriles is 1. The molecule has 1 heterocycles. The molecule has 4 aliphatic rings. The van der Waals surface area contributed by atoms with Crippen molar-refractivity contribution in [1.82, 2.24) is 10.2 Å². The maximum absolute atomic E-state index is 14.5. The van der Waals surface area contributed by atoms with Gasteiger partial charge in [-0.05, 0) is 79.2 Å². The summed E-state index contributed by atoms with van der Waals surface area (Å²) in [5.74, 6) is 1.08. The van der Waals surface area contributed by atoms with Gasteiger partial charge in [0.2, 0.25) is 5.91 Å². The topological polar surface area (TPSA) is 65.4 Å². The Kier molecular flexibility index (Phi) is 5.70. The second kappa shape index (κ2) is 8.76. The average molecular weight is 470 g/mol. The van der Waals surface area contributed by atoms with Gasteiger partial charge in [-0.2, -0.15) is 5.26 Å². The summed E-state index contributed by atoms with van der Waals surface area (Å²) in [4.78, 5) is 16.4. The molecule has 3 fully saturated rings. The van der Waals surface area contributed by atoms with Crippen molar-refractivity contribution in [2.45, 2.75) is 76.0 Å². The minimum atomic E-state index is -0.682. The van der Waals surface area contributed by atoms with Crippen LogP contribution in [-0.4, -0.2) is 30.7 Å². The number of nitrogens with one attached hydrogen (secondary N) is 1. The molecule has 1 unspecified atom stereocenters. The van der Waals surface area contributed by atoms with Crippen molar-refractivity contribution in [3.63, 3.8) is 0 Å². The van der Waals surface area contributed by atoms with E-state index in [0.29, 0.717) is 18.8 Å². The number of methoxy groups -OCH3 is 1. The van der Waals surface area contributed by atoms with Gasteiger partial charge >= 0.3 is 0 Å². The van der Waals surface area contributed by atoms with Crippen LogP contribution in [0.3, 0.4) is 0 Å². The number of rotatable bonds is 6. The van der Waals surface area contributed by atoms with Crippen LogP contribution in [0.4, 0.5) is 0 Å². The standard InChI is InChI=1S/C30H35N3O2/c1-35-26-12-14-29(15-13-26)17-23-11-10-22(9-8-21-6-7-21)16-27(23)30(29)28(34)33(20-32-30)19-25-5-3-2-4-24(25)18-31/h2-5,10-11,16,21,26,32H,6-9,12-15,17,19-20H2,1H3. The summed E-state index contributed by atoms with van der Waals surface area (Å²) in [6.07, 6.45) is 10.3. The van der Waals surface area contributed by atoms with Crippen LogP contribution in [0.25, 0.3) is 0 Å². The van der Waals surface area contributed by atoms with E-state index in [4.69, 9.17) is 4.74 Å². The van der Waals surface area contributed by atoms with Gasteiger partial charge in [0.25, 0.3) is 0 Å². The predicted molar refractivity (Wildman–Crippen MR) is 134 cm³/mol. The van der Waals surface area contributed by atoms with Crippen LogP contribution in [0, 0.1) is 22.7 Å². The quantitative estimate of drug-likeness (QED) is 0.659. The molecule has 2 aromatic rings. The SMILES string of the molecule is COC1CCC2(CC1)Cc1ccc(CCC3CC3)cc1C21NCN(Cc2ccccc2C#N)C1=O. The summed E-state index contributed by atoms with van der Waals surface area (Å²) < 4.78 is 5.71. The molecule has 0 radical (unpaired) electrons. The molecule has 0 aromatic heterocycles. The maximum Gasteiger partial charge on any atom is 0.249 e. The summed E-state index contributed by atoms with van der Waals surface area (Å²) in [6, 6.07) is 16.9. The van der Waals surface area contributed by atoms with Crippen molar-refractivity contribution < 1.29 is 9.53 Å². The molecule has 2 spiro atoms. The fraction of sp³-hybridized carbons (Fsp3) is 0.533. The highest BCUT2D eigenvalue weighted by molar-refractivity contribution is 5.92. The molecular weight excluding hydrogens is 434 g/mol. The van der Waals surface area contributed by atoms with Crippen LogP contribution >= 0.6 is 0 Å². The van der Waals surface area contributed by atoms with Crippen molar-refractivity contribution in [3.05, 3.63) is 70.3 Å². The number of nitrogens with zero attached hydrogens (tertiary/aromatic N) is 2. The van der Waals surface area contributed by atoms with E-state index in [1.807, 2.05) is 29.2 Å². The van der Waals surface area contributed by atoms with Gasteiger partial charge in [-0.3, -0.25) is 10.1 Å². The number of aryl methyl sites for hydroxylation is 1. The molecule has 2 aromatic carbocycles. The fourth-order valence-electron chi connectivity index (χ4n) is 7.10. The molecule has 1 saturated heterocycles. The molecule has 5 heteroatoms. The van der Waals surface area contributed by atoms with E-state index < -0.39 is 5.54 Å². The Morgan fingerprint density at radius 3 is 2.69 bits per heavy atom. The summed E-state index contributed by atoms with van der Waals surface area (Å²) in [5, 5.41) is 13.4. The van der Waals surface area contributed by atoms with Crippen LogP contribution < -0.4 is 5.32 Å². The van der Waals surface area contributed by atoms with Gasteiger partial charge in [0.1, 0.15) is 5.54 Å². The van der Waals surface area contributed by atoms with Gasteiger partial charge < -0.3 is 9.64 Å². The molecule has 2 saturated carbocycles. The minimum absolute atomic E-state index is 0.125. The Morgan fingerprint density at radius 1 is 1.14 bits per heavy atom. The Balaban J connectivity index is 1.36. The lowest BCUT2D eigenvalue weighted by atomic mass is 9.61. The second-order valence-corrected chi connectivity index (χ2v) is 11.2. The van der Waals surface area contributed by atoms with Crippen molar-refractivity contribution in [3.8, 4) is 6.07 Å². The number of amides is 1. The van der Waals surface area contributed by atoms with E-state index >= 15 is 0 Å². The van der Waals surface area contributed by atoms with E-state index in [2.05, 4.69) is 29.6 Å². The first-order chi connectivity index (χ1) is 17.1. The Bertz CT molecular complexity index is 1170. The summed E-state index contributed by atoms with van der Waals surface area (Å²) >= 11 is 0. The second-order valence-electron chi connectivity index (χ2n) is 11.2. The average Bonchev–Trinajstić information content (AvgIpc) is 3.62. The number of ether oxygens (including phenoxy) is 1. The van der Waals surface area contributed by atoms with E-state index in [0.717, 1.165) is 50.0 Å². The summed E-state index contributed by atoms with van der Waals surface area (Å²) in [7, 11) is 1.81. The van der Waals surface area contributed by atoms with E-state index in [-0.39, 0.29) is 17.4 Å². The molecular formula is C30H35N3O2. The third kappa shape index (κ3) is 3.70. The molecule has 5 nitrogen and oxygen atoms in total.